The van der Waals surface area contributed by atoms with E-state index < -0.39 is 16.2 Å². The molecular formula is C12H22N2O2S2. The number of nitrogens with one attached hydrogen (secondary N) is 1. The number of hydrogen-bond donors (Lipinski definition) is 2. The third kappa shape index (κ3) is 3.29. The lowest BCUT2D eigenvalue weighted by Crippen LogP contribution is -2.52. The molecule has 0 bridgehead atoms. The highest BCUT2D eigenvalue weighted by Crippen LogP contribution is 2.28. The normalized spacial score (nSPS) is 24.6. The largest absolute Gasteiger partial charge is 0.392 e. The van der Waals surface area contributed by atoms with Crippen molar-refractivity contribution >= 4 is 33.9 Å². The van der Waals surface area contributed by atoms with E-state index in [1.165, 1.54) is 0 Å². The Hall–Kier alpha value is -0.490. The first-order chi connectivity index (χ1) is 8.46. The van der Waals surface area contributed by atoms with Crippen LogP contribution in [-0.2, 0) is 15.6 Å². The highest BCUT2D eigenvalue weighted by atomic mass is 32.2. The Labute approximate surface area is 117 Å². The lowest BCUT2D eigenvalue weighted by Gasteiger charge is -2.32. The second kappa shape index (κ2) is 6.61. The zero-order chi connectivity index (χ0) is 13.8. The van der Waals surface area contributed by atoms with Crippen LogP contribution in [0, 0.1) is 5.41 Å². The summed E-state index contributed by atoms with van der Waals surface area (Å²) < 4.78 is 11.3. The van der Waals surface area contributed by atoms with Gasteiger partial charge in [-0.05, 0) is 25.7 Å². The van der Waals surface area contributed by atoms with Gasteiger partial charge in [-0.2, -0.15) is 0 Å². The van der Waals surface area contributed by atoms with Crippen LogP contribution in [0.3, 0.4) is 0 Å². The van der Waals surface area contributed by atoms with Gasteiger partial charge >= 0.3 is 0 Å². The summed E-state index contributed by atoms with van der Waals surface area (Å²) in [5, 5.41) is 3.02. The smallest absolute Gasteiger partial charge is 0.233 e. The summed E-state index contributed by atoms with van der Waals surface area (Å²) >= 11 is 5.06. The van der Waals surface area contributed by atoms with Crippen LogP contribution in [-0.4, -0.2) is 32.7 Å². The van der Waals surface area contributed by atoms with E-state index in [1.807, 2.05) is 13.8 Å². The van der Waals surface area contributed by atoms with Crippen LogP contribution in [0.15, 0.2) is 0 Å². The molecule has 104 valence electrons. The van der Waals surface area contributed by atoms with Crippen molar-refractivity contribution in [2.24, 2.45) is 11.1 Å². The van der Waals surface area contributed by atoms with Crippen LogP contribution in [0.1, 0.15) is 39.5 Å². The maximum absolute atomic E-state index is 12.4. The number of rotatable bonds is 5. The lowest BCUT2D eigenvalue weighted by molar-refractivity contribution is -0.128. The van der Waals surface area contributed by atoms with Crippen molar-refractivity contribution in [2.45, 2.75) is 45.6 Å². The van der Waals surface area contributed by atoms with E-state index in [1.54, 1.807) is 0 Å². The number of hydrogen-bond acceptors (Lipinski definition) is 3. The minimum Gasteiger partial charge on any atom is -0.392 e. The third-order valence-corrected chi connectivity index (χ3v) is 5.61. The fourth-order valence-electron chi connectivity index (χ4n) is 2.29. The van der Waals surface area contributed by atoms with Gasteiger partial charge in [0.15, 0.2) is 0 Å². The molecule has 1 saturated heterocycles. The minimum absolute atomic E-state index is 0.0716. The minimum atomic E-state index is -0.730. The Bertz CT molecular complexity index is 344. The number of carbonyl (C=O) groups excluding carboxylic acids is 1. The molecule has 0 unspecified atom stereocenters. The van der Waals surface area contributed by atoms with Crippen LogP contribution in [0.2, 0.25) is 0 Å². The van der Waals surface area contributed by atoms with Crippen molar-refractivity contribution in [1.29, 1.82) is 0 Å². The molecule has 1 amide bonds. The van der Waals surface area contributed by atoms with Crippen LogP contribution >= 0.6 is 12.2 Å². The molecule has 0 saturated carbocycles. The van der Waals surface area contributed by atoms with E-state index in [0.29, 0.717) is 24.3 Å². The fourth-order valence-corrected chi connectivity index (χ4v) is 3.97. The molecule has 0 aromatic heterocycles. The molecule has 0 aliphatic carbocycles. The first-order valence-electron chi connectivity index (χ1n) is 6.42. The van der Waals surface area contributed by atoms with Crippen molar-refractivity contribution in [1.82, 2.24) is 5.32 Å². The van der Waals surface area contributed by atoms with Gasteiger partial charge in [-0.1, -0.05) is 26.1 Å². The van der Waals surface area contributed by atoms with Gasteiger partial charge in [-0.25, -0.2) is 0 Å². The molecule has 0 aromatic carbocycles. The Kier molecular flexibility index (Phi) is 5.72. The first kappa shape index (κ1) is 15.6. The summed E-state index contributed by atoms with van der Waals surface area (Å²) in [6.07, 6.45) is 2.78. The predicted molar refractivity (Wildman–Crippen MR) is 78.8 cm³/mol. The molecule has 6 heteroatoms. The van der Waals surface area contributed by atoms with Crippen molar-refractivity contribution in [3.05, 3.63) is 0 Å². The van der Waals surface area contributed by atoms with Crippen molar-refractivity contribution in [3.8, 4) is 0 Å². The van der Waals surface area contributed by atoms with E-state index in [2.05, 4.69) is 5.32 Å². The zero-order valence-corrected chi connectivity index (χ0v) is 12.7. The summed E-state index contributed by atoms with van der Waals surface area (Å²) in [6.45, 7) is 3.86. The highest BCUT2D eigenvalue weighted by Gasteiger charge is 2.39. The molecule has 1 fully saturated rings. The van der Waals surface area contributed by atoms with Crippen LogP contribution in [0.5, 0.6) is 0 Å². The molecule has 0 aromatic rings. The highest BCUT2D eigenvalue weighted by molar-refractivity contribution is 7.85. The maximum Gasteiger partial charge on any atom is 0.233 e. The topological polar surface area (TPSA) is 72.2 Å². The Balaban J connectivity index is 2.68. The van der Waals surface area contributed by atoms with Gasteiger partial charge in [0.05, 0.1) is 10.4 Å². The zero-order valence-electron chi connectivity index (χ0n) is 11.0. The standard InChI is InChI=1S/C12H22N2O2S2/c1-3-12(4-2,10(13)17)11(15)14-9-5-7-18(16)8-6-9/h9H,3-8H2,1-2H3,(H2,13,17)(H,14,15). The average Bonchev–Trinajstić information content (AvgIpc) is 2.34. The fraction of sp³-hybridized carbons (Fsp3) is 0.833. The van der Waals surface area contributed by atoms with Gasteiger partial charge in [0.2, 0.25) is 5.91 Å². The van der Waals surface area contributed by atoms with Crippen molar-refractivity contribution in [2.75, 3.05) is 11.5 Å². The van der Waals surface area contributed by atoms with E-state index in [4.69, 9.17) is 18.0 Å². The molecule has 1 heterocycles. The first-order valence-corrected chi connectivity index (χ1v) is 8.31. The quantitative estimate of drug-likeness (QED) is 0.744. The average molecular weight is 290 g/mol. The third-order valence-electron chi connectivity index (χ3n) is 3.84. The molecule has 0 spiro atoms. The molecule has 1 aliphatic rings. The van der Waals surface area contributed by atoms with E-state index in [9.17, 15) is 9.00 Å². The van der Waals surface area contributed by atoms with Crippen molar-refractivity contribution in [3.63, 3.8) is 0 Å². The van der Waals surface area contributed by atoms with Gasteiger partial charge in [0.25, 0.3) is 0 Å². The molecular weight excluding hydrogens is 268 g/mol. The van der Waals surface area contributed by atoms with Crippen molar-refractivity contribution < 1.29 is 9.00 Å². The number of carbonyl (C=O) groups is 1. The summed E-state index contributed by atoms with van der Waals surface area (Å²) in [4.78, 5) is 12.6. The van der Waals surface area contributed by atoms with Gasteiger partial charge in [-0.3, -0.25) is 9.00 Å². The van der Waals surface area contributed by atoms with Gasteiger partial charge in [-0.15, -0.1) is 0 Å². The summed E-state index contributed by atoms with van der Waals surface area (Å²) in [5.41, 5.74) is 5.01. The SMILES string of the molecule is CCC(CC)(C(=O)NC1CCS(=O)CC1)C(N)=S. The molecule has 18 heavy (non-hydrogen) atoms. The maximum atomic E-state index is 12.4. The number of amides is 1. The Morgan fingerprint density at radius 1 is 1.39 bits per heavy atom. The van der Waals surface area contributed by atoms with E-state index in [-0.39, 0.29) is 16.9 Å². The Morgan fingerprint density at radius 3 is 2.28 bits per heavy atom. The lowest BCUT2D eigenvalue weighted by atomic mass is 9.81. The van der Waals surface area contributed by atoms with E-state index in [0.717, 1.165) is 12.8 Å². The monoisotopic (exact) mass is 290 g/mol. The van der Waals surface area contributed by atoms with E-state index >= 15 is 0 Å². The molecule has 1 aliphatic heterocycles. The van der Waals surface area contributed by atoms with Gasteiger partial charge < -0.3 is 11.1 Å². The summed E-state index contributed by atoms with van der Waals surface area (Å²) in [7, 11) is -0.711. The molecule has 4 nitrogen and oxygen atoms in total. The van der Waals surface area contributed by atoms with Crippen LogP contribution in [0.25, 0.3) is 0 Å². The molecule has 0 radical (unpaired) electrons. The van der Waals surface area contributed by atoms with Gasteiger partial charge in [0, 0.05) is 28.3 Å². The van der Waals surface area contributed by atoms with Gasteiger partial charge in [0.1, 0.15) is 0 Å². The summed E-state index contributed by atoms with van der Waals surface area (Å²) in [6, 6.07) is 0.113. The Morgan fingerprint density at radius 2 is 1.89 bits per heavy atom. The predicted octanol–water partition coefficient (Wildman–Crippen LogP) is 1.11. The second-order valence-corrected chi connectivity index (χ2v) is 6.89. The van der Waals surface area contributed by atoms with Crippen LogP contribution < -0.4 is 11.1 Å². The molecule has 1 rings (SSSR count). The summed E-state index contributed by atoms with van der Waals surface area (Å²) in [5.74, 6) is 1.27. The molecule has 3 N–H and O–H groups in total. The second-order valence-electron chi connectivity index (χ2n) is 4.75. The van der Waals surface area contributed by atoms with Crippen LogP contribution in [0.4, 0.5) is 0 Å². The molecule has 0 atom stereocenters. The number of nitrogens with two attached hydrogens (primary N) is 1. The number of thiocarbonyl (C=S) groups is 1.